The quantitative estimate of drug-likeness (QED) is 0.689. The first-order valence-electron chi connectivity index (χ1n) is 7.00. The number of hydrogen-bond donors (Lipinski definition) is 0. The van der Waals surface area contributed by atoms with Crippen LogP contribution in [0.1, 0.15) is 55.8 Å². The summed E-state index contributed by atoms with van der Waals surface area (Å²) in [5.74, 6) is 1.35. The summed E-state index contributed by atoms with van der Waals surface area (Å²) < 4.78 is 0. The fourth-order valence-corrected chi connectivity index (χ4v) is 3.19. The Morgan fingerprint density at radius 2 is 2.00 bits per heavy atom. The molecule has 1 aliphatic rings. The molecule has 18 heavy (non-hydrogen) atoms. The minimum absolute atomic E-state index is 0.219. The van der Waals surface area contributed by atoms with Crippen LogP contribution in [-0.2, 0) is 0 Å². The van der Waals surface area contributed by atoms with Crippen LogP contribution >= 0.6 is 11.6 Å². The minimum atomic E-state index is 0.219. The van der Waals surface area contributed by atoms with Crippen LogP contribution in [0.15, 0.2) is 24.3 Å². The number of Topliss-reactive ketones (excluding diaryl/α,β-unsaturated/α-hetero) is 1. The van der Waals surface area contributed by atoms with E-state index in [2.05, 4.69) is 6.92 Å². The summed E-state index contributed by atoms with van der Waals surface area (Å²) in [5.41, 5.74) is 0.779. The van der Waals surface area contributed by atoms with E-state index in [1.165, 1.54) is 25.7 Å². The van der Waals surface area contributed by atoms with Crippen LogP contribution in [0.5, 0.6) is 0 Å². The second kappa shape index (κ2) is 6.38. The number of rotatable bonds is 4. The second-order valence-corrected chi connectivity index (χ2v) is 5.82. The van der Waals surface area contributed by atoms with Gasteiger partial charge >= 0.3 is 0 Å². The number of carbonyl (C=O) groups excluding carboxylic acids is 1. The average Bonchev–Trinajstić information content (AvgIpc) is 2.39. The Morgan fingerprint density at radius 3 is 2.61 bits per heavy atom. The fraction of sp³-hybridized carbons (Fsp3) is 0.562. The molecular weight excluding hydrogens is 244 g/mol. The van der Waals surface area contributed by atoms with Crippen molar-refractivity contribution in [2.75, 3.05) is 0 Å². The van der Waals surface area contributed by atoms with Crippen LogP contribution in [0.3, 0.4) is 0 Å². The van der Waals surface area contributed by atoms with Gasteiger partial charge in [0.1, 0.15) is 0 Å². The van der Waals surface area contributed by atoms with Gasteiger partial charge < -0.3 is 0 Å². The molecular formula is C16H21ClO. The molecule has 1 aliphatic carbocycles. The molecule has 1 aromatic rings. The molecule has 0 bridgehead atoms. The zero-order valence-corrected chi connectivity index (χ0v) is 11.7. The Bertz CT molecular complexity index is 405. The number of benzene rings is 1. The molecule has 1 aromatic carbocycles. The summed E-state index contributed by atoms with van der Waals surface area (Å²) in [6, 6.07) is 7.35. The maximum atomic E-state index is 12.4. The molecule has 1 saturated carbocycles. The molecule has 98 valence electrons. The van der Waals surface area contributed by atoms with E-state index in [0.717, 1.165) is 24.3 Å². The molecule has 1 fully saturated rings. The van der Waals surface area contributed by atoms with Gasteiger partial charge in [-0.1, -0.05) is 43.5 Å². The molecule has 2 rings (SSSR count). The van der Waals surface area contributed by atoms with E-state index in [1.807, 2.05) is 18.2 Å². The largest absolute Gasteiger partial charge is 0.294 e. The first-order valence-corrected chi connectivity index (χ1v) is 7.38. The number of carbonyl (C=O) groups is 1. The van der Waals surface area contributed by atoms with E-state index >= 15 is 0 Å². The zero-order chi connectivity index (χ0) is 13.0. The monoisotopic (exact) mass is 264 g/mol. The number of hydrogen-bond acceptors (Lipinski definition) is 1. The third-order valence-corrected chi connectivity index (χ3v) is 4.26. The molecule has 0 amide bonds. The van der Waals surface area contributed by atoms with Gasteiger partial charge in [0.2, 0.25) is 0 Å². The highest BCUT2D eigenvalue weighted by molar-refractivity contribution is 6.31. The topological polar surface area (TPSA) is 17.1 Å². The van der Waals surface area contributed by atoms with Crippen LogP contribution in [0.25, 0.3) is 0 Å². The lowest BCUT2D eigenvalue weighted by molar-refractivity contribution is 0.0870. The molecule has 0 aromatic heterocycles. The molecule has 0 radical (unpaired) electrons. The Balaban J connectivity index is 1.95. The summed E-state index contributed by atoms with van der Waals surface area (Å²) in [4.78, 5) is 12.4. The van der Waals surface area contributed by atoms with Gasteiger partial charge in [0.05, 0.1) is 0 Å². The minimum Gasteiger partial charge on any atom is -0.294 e. The molecule has 0 saturated heterocycles. The van der Waals surface area contributed by atoms with Gasteiger partial charge in [-0.25, -0.2) is 0 Å². The van der Waals surface area contributed by atoms with Crippen molar-refractivity contribution in [1.82, 2.24) is 0 Å². The normalized spacial score (nSPS) is 23.9. The van der Waals surface area contributed by atoms with Crippen molar-refractivity contribution in [3.05, 3.63) is 34.9 Å². The first kappa shape index (κ1) is 13.6. The lowest BCUT2D eigenvalue weighted by Crippen LogP contribution is -2.22. The smallest absolute Gasteiger partial charge is 0.165 e. The summed E-state index contributed by atoms with van der Waals surface area (Å²) in [6.07, 6.45) is 7.11. The highest BCUT2D eigenvalue weighted by Crippen LogP contribution is 2.33. The second-order valence-electron chi connectivity index (χ2n) is 5.38. The van der Waals surface area contributed by atoms with Crippen molar-refractivity contribution < 1.29 is 4.79 Å². The fourth-order valence-electron chi connectivity index (χ4n) is 3.00. The predicted octanol–water partition coefficient (Wildman–Crippen LogP) is 5.13. The third-order valence-electron chi connectivity index (χ3n) is 4.02. The van der Waals surface area contributed by atoms with E-state index < -0.39 is 0 Å². The zero-order valence-electron chi connectivity index (χ0n) is 11.0. The molecule has 1 nitrogen and oxygen atoms in total. The molecule has 2 heteroatoms. The Kier molecular flexibility index (Phi) is 4.82. The Labute approximate surface area is 115 Å². The third kappa shape index (κ3) is 3.35. The van der Waals surface area contributed by atoms with Gasteiger partial charge in [0.15, 0.2) is 5.78 Å². The van der Waals surface area contributed by atoms with Gasteiger partial charge in [-0.3, -0.25) is 4.79 Å². The van der Waals surface area contributed by atoms with Crippen molar-refractivity contribution in [2.45, 2.75) is 45.4 Å². The van der Waals surface area contributed by atoms with Crippen molar-refractivity contribution >= 4 is 17.4 Å². The SMILES string of the molecule is CCCC1CCC(C(=O)c2cccc(Cl)c2)CC1. The van der Waals surface area contributed by atoms with E-state index in [4.69, 9.17) is 11.6 Å². The van der Waals surface area contributed by atoms with Crippen LogP contribution in [0, 0.1) is 11.8 Å². The van der Waals surface area contributed by atoms with Crippen LogP contribution in [-0.4, -0.2) is 5.78 Å². The van der Waals surface area contributed by atoms with E-state index in [9.17, 15) is 4.79 Å². The molecule has 0 unspecified atom stereocenters. The van der Waals surface area contributed by atoms with E-state index in [0.29, 0.717) is 5.02 Å². The standard InChI is InChI=1S/C16H21ClO/c1-2-4-12-7-9-13(10-8-12)16(18)14-5-3-6-15(17)11-14/h3,5-6,11-13H,2,4,7-10H2,1H3. The summed E-state index contributed by atoms with van der Waals surface area (Å²) in [6.45, 7) is 2.24. The average molecular weight is 265 g/mol. The molecule has 0 N–H and O–H groups in total. The highest BCUT2D eigenvalue weighted by atomic mass is 35.5. The van der Waals surface area contributed by atoms with Crippen LogP contribution < -0.4 is 0 Å². The predicted molar refractivity (Wildman–Crippen MR) is 76.1 cm³/mol. The first-order chi connectivity index (χ1) is 8.70. The lowest BCUT2D eigenvalue weighted by atomic mass is 9.77. The van der Waals surface area contributed by atoms with E-state index in [1.54, 1.807) is 6.07 Å². The van der Waals surface area contributed by atoms with Crippen molar-refractivity contribution in [2.24, 2.45) is 11.8 Å². The van der Waals surface area contributed by atoms with E-state index in [-0.39, 0.29) is 11.7 Å². The van der Waals surface area contributed by atoms with Crippen LogP contribution in [0.4, 0.5) is 0 Å². The lowest BCUT2D eigenvalue weighted by Gasteiger charge is -2.27. The maximum absolute atomic E-state index is 12.4. The summed E-state index contributed by atoms with van der Waals surface area (Å²) >= 11 is 5.94. The van der Waals surface area contributed by atoms with Gasteiger partial charge in [-0.15, -0.1) is 0 Å². The van der Waals surface area contributed by atoms with Gasteiger partial charge in [0, 0.05) is 16.5 Å². The highest BCUT2D eigenvalue weighted by Gasteiger charge is 2.26. The molecule has 0 aliphatic heterocycles. The number of halogens is 1. The molecule has 0 heterocycles. The summed E-state index contributed by atoms with van der Waals surface area (Å²) in [5, 5.41) is 0.653. The Morgan fingerprint density at radius 1 is 1.28 bits per heavy atom. The van der Waals surface area contributed by atoms with Crippen molar-refractivity contribution in [3.63, 3.8) is 0 Å². The summed E-state index contributed by atoms with van der Waals surface area (Å²) in [7, 11) is 0. The van der Waals surface area contributed by atoms with Crippen molar-refractivity contribution in [1.29, 1.82) is 0 Å². The maximum Gasteiger partial charge on any atom is 0.165 e. The molecule has 0 spiro atoms. The molecule has 0 atom stereocenters. The van der Waals surface area contributed by atoms with Crippen LogP contribution in [0.2, 0.25) is 5.02 Å². The van der Waals surface area contributed by atoms with Gasteiger partial charge in [-0.2, -0.15) is 0 Å². The van der Waals surface area contributed by atoms with Gasteiger partial charge in [-0.05, 0) is 43.7 Å². The van der Waals surface area contributed by atoms with Crippen molar-refractivity contribution in [3.8, 4) is 0 Å². The Hall–Kier alpha value is -0.820. The number of ketones is 1. The van der Waals surface area contributed by atoms with Gasteiger partial charge in [0.25, 0.3) is 0 Å².